The Morgan fingerprint density at radius 2 is 1.84 bits per heavy atom. The summed E-state index contributed by atoms with van der Waals surface area (Å²) in [4.78, 5) is 38.6. The number of nitrogens with one attached hydrogen (secondary N) is 2. The molecule has 2 N–H and O–H groups in total. The highest BCUT2D eigenvalue weighted by Crippen LogP contribution is 2.31. The van der Waals surface area contributed by atoms with Crippen LogP contribution in [0.4, 0.5) is 23.7 Å². The number of anilines is 1. The van der Waals surface area contributed by atoms with Crippen molar-refractivity contribution in [3.05, 3.63) is 58.6 Å². The van der Waals surface area contributed by atoms with Gasteiger partial charge >= 0.3 is 12.2 Å². The molecule has 2 aromatic carbocycles. The third kappa shape index (κ3) is 5.13. The molecule has 0 radical (unpaired) electrons. The van der Waals surface area contributed by atoms with Gasteiger partial charge < -0.3 is 15.4 Å². The largest absolute Gasteiger partial charge is 0.482 e. The molecule has 7 nitrogen and oxygen atoms in total. The fourth-order valence-electron chi connectivity index (χ4n) is 3.14. The quantitative estimate of drug-likeness (QED) is 0.626. The van der Waals surface area contributed by atoms with Crippen molar-refractivity contribution in [2.75, 3.05) is 18.5 Å². The summed E-state index contributed by atoms with van der Waals surface area (Å²) in [7, 11) is 0. The van der Waals surface area contributed by atoms with Crippen LogP contribution in [0.25, 0.3) is 0 Å². The number of nitrogens with zero attached hydrogens (tertiary/aromatic N) is 1. The van der Waals surface area contributed by atoms with Gasteiger partial charge in [0.25, 0.3) is 5.91 Å². The molecule has 0 aromatic heterocycles. The van der Waals surface area contributed by atoms with E-state index in [1.54, 1.807) is 24.3 Å². The van der Waals surface area contributed by atoms with E-state index < -0.39 is 42.7 Å². The highest BCUT2D eigenvalue weighted by molar-refractivity contribution is 6.31. The standard InChI is InChI=1S/C21H19ClF3N3O4/c1-12-3-5-13(6-4-12)20(2)18(30)28(19(31)27-20)10-17(29)26-15-9-14(22)7-8-16(15)32-11-21(23,24)25/h3-9H,10-11H2,1-2H3,(H,26,29)(H,27,31). The van der Waals surface area contributed by atoms with E-state index in [9.17, 15) is 27.6 Å². The Hall–Kier alpha value is -3.27. The van der Waals surface area contributed by atoms with E-state index in [2.05, 4.69) is 10.6 Å². The van der Waals surface area contributed by atoms with Gasteiger partial charge in [0.15, 0.2) is 6.61 Å². The monoisotopic (exact) mass is 469 g/mol. The molecule has 1 heterocycles. The summed E-state index contributed by atoms with van der Waals surface area (Å²) in [6, 6.07) is 9.88. The van der Waals surface area contributed by atoms with Crippen molar-refractivity contribution in [3.8, 4) is 5.75 Å². The van der Waals surface area contributed by atoms with Gasteiger partial charge in [0.2, 0.25) is 5.91 Å². The van der Waals surface area contributed by atoms with E-state index >= 15 is 0 Å². The van der Waals surface area contributed by atoms with Gasteiger partial charge in [0, 0.05) is 5.02 Å². The number of carbonyl (C=O) groups excluding carboxylic acids is 3. The van der Waals surface area contributed by atoms with Crippen LogP contribution in [0.2, 0.25) is 5.02 Å². The zero-order chi connectivity index (χ0) is 23.7. The number of halogens is 4. The normalized spacial score (nSPS) is 18.5. The molecule has 2 aromatic rings. The first-order valence-corrected chi connectivity index (χ1v) is 9.77. The minimum Gasteiger partial charge on any atom is -0.482 e. The lowest BCUT2D eigenvalue weighted by atomic mass is 9.91. The summed E-state index contributed by atoms with van der Waals surface area (Å²) in [5.41, 5.74) is 0.0276. The number of ether oxygens (including phenoxy) is 1. The number of carbonyl (C=O) groups is 3. The zero-order valence-corrected chi connectivity index (χ0v) is 17.8. The molecule has 0 saturated carbocycles. The van der Waals surface area contributed by atoms with Gasteiger partial charge in [-0.1, -0.05) is 41.4 Å². The number of aryl methyl sites for hydroxylation is 1. The van der Waals surface area contributed by atoms with Crippen LogP contribution in [0.15, 0.2) is 42.5 Å². The first kappa shape index (κ1) is 23.4. The summed E-state index contributed by atoms with van der Waals surface area (Å²) in [5, 5.41) is 5.06. The molecule has 1 aliphatic rings. The number of imide groups is 1. The summed E-state index contributed by atoms with van der Waals surface area (Å²) in [6.07, 6.45) is -4.58. The van der Waals surface area contributed by atoms with Crippen LogP contribution in [0.5, 0.6) is 5.75 Å². The predicted molar refractivity (Wildman–Crippen MR) is 110 cm³/mol. The molecule has 0 bridgehead atoms. The van der Waals surface area contributed by atoms with E-state index in [0.29, 0.717) is 5.56 Å². The SMILES string of the molecule is Cc1ccc(C2(C)NC(=O)N(CC(=O)Nc3cc(Cl)ccc3OCC(F)(F)F)C2=O)cc1. The van der Waals surface area contributed by atoms with Gasteiger partial charge in [0.05, 0.1) is 5.69 Å². The van der Waals surface area contributed by atoms with Gasteiger partial charge in [-0.2, -0.15) is 13.2 Å². The number of hydrogen-bond donors (Lipinski definition) is 2. The molecule has 0 spiro atoms. The Balaban J connectivity index is 1.74. The molecule has 3 rings (SSSR count). The second kappa shape index (κ2) is 8.70. The molecule has 4 amide bonds. The van der Waals surface area contributed by atoms with Crippen molar-refractivity contribution in [1.29, 1.82) is 0 Å². The number of alkyl halides is 3. The lowest BCUT2D eigenvalue weighted by molar-refractivity contribution is -0.153. The average Bonchev–Trinajstić information content (AvgIpc) is 2.91. The van der Waals surface area contributed by atoms with Gasteiger partial charge in [-0.3, -0.25) is 14.5 Å². The Bertz CT molecular complexity index is 1060. The van der Waals surface area contributed by atoms with E-state index in [1.807, 2.05) is 6.92 Å². The Labute approximate surface area is 186 Å². The lowest BCUT2D eigenvalue weighted by Crippen LogP contribution is -2.42. The fourth-order valence-corrected chi connectivity index (χ4v) is 3.31. The van der Waals surface area contributed by atoms with Gasteiger partial charge in [-0.15, -0.1) is 0 Å². The second-order valence-corrected chi connectivity index (χ2v) is 7.84. The molecule has 1 aliphatic heterocycles. The maximum absolute atomic E-state index is 12.9. The molecule has 1 saturated heterocycles. The van der Waals surface area contributed by atoms with Crippen molar-refractivity contribution in [2.45, 2.75) is 25.6 Å². The summed E-state index contributed by atoms with van der Waals surface area (Å²) in [5.74, 6) is -1.72. The highest BCUT2D eigenvalue weighted by Gasteiger charge is 2.49. The van der Waals surface area contributed by atoms with Crippen LogP contribution in [-0.2, 0) is 15.1 Å². The number of hydrogen-bond acceptors (Lipinski definition) is 4. The van der Waals surface area contributed by atoms with Crippen molar-refractivity contribution in [3.63, 3.8) is 0 Å². The molecule has 0 aliphatic carbocycles. The Morgan fingerprint density at radius 1 is 1.19 bits per heavy atom. The van der Waals surface area contributed by atoms with Gasteiger partial charge in [-0.25, -0.2) is 4.79 Å². The van der Waals surface area contributed by atoms with Gasteiger partial charge in [-0.05, 0) is 37.6 Å². The summed E-state index contributed by atoms with van der Waals surface area (Å²) >= 11 is 5.87. The van der Waals surface area contributed by atoms with E-state index in [-0.39, 0.29) is 16.5 Å². The lowest BCUT2D eigenvalue weighted by Gasteiger charge is -2.22. The van der Waals surface area contributed by atoms with Crippen LogP contribution < -0.4 is 15.4 Å². The second-order valence-electron chi connectivity index (χ2n) is 7.40. The minimum absolute atomic E-state index is 0.125. The van der Waals surface area contributed by atoms with Gasteiger partial charge in [0.1, 0.15) is 17.8 Å². The maximum Gasteiger partial charge on any atom is 0.422 e. The van der Waals surface area contributed by atoms with E-state index in [4.69, 9.17) is 16.3 Å². The number of urea groups is 1. The third-order valence-electron chi connectivity index (χ3n) is 4.81. The summed E-state index contributed by atoms with van der Waals surface area (Å²) < 4.78 is 42.1. The van der Waals surface area contributed by atoms with Crippen molar-refractivity contribution in [1.82, 2.24) is 10.2 Å². The van der Waals surface area contributed by atoms with Crippen molar-refractivity contribution < 1.29 is 32.3 Å². The Kier molecular flexibility index (Phi) is 6.36. The van der Waals surface area contributed by atoms with Crippen LogP contribution in [-0.4, -0.2) is 42.1 Å². The maximum atomic E-state index is 12.9. The fraction of sp³-hybridized carbons (Fsp3) is 0.286. The molecule has 1 fully saturated rings. The first-order valence-electron chi connectivity index (χ1n) is 9.39. The molecule has 1 atom stereocenters. The zero-order valence-electron chi connectivity index (χ0n) is 17.0. The molecule has 170 valence electrons. The first-order chi connectivity index (χ1) is 14.9. The predicted octanol–water partition coefficient (Wildman–Crippen LogP) is 4.00. The number of rotatable bonds is 6. The molecule has 1 unspecified atom stereocenters. The molecule has 32 heavy (non-hydrogen) atoms. The molecule has 11 heteroatoms. The highest BCUT2D eigenvalue weighted by atomic mass is 35.5. The number of benzene rings is 2. The minimum atomic E-state index is -4.58. The number of amides is 4. The van der Waals surface area contributed by atoms with Crippen LogP contribution in [0.1, 0.15) is 18.1 Å². The summed E-state index contributed by atoms with van der Waals surface area (Å²) in [6.45, 7) is 1.17. The van der Waals surface area contributed by atoms with Crippen molar-refractivity contribution >= 4 is 35.1 Å². The van der Waals surface area contributed by atoms with Crippen LogP contribution >= 0.6 is 11.6 Å². The van der Waals surface area contributed by atoms with E-state index in [1.165, 1.54) is 25.1 Å². The smallest absolute Gasteiger partial charge is 0.422 e. The average molecular weight is 470 g/mol. The van der Waals surface area contributed by atoms with Crippen LogP contribution in [0.3, 0.4) is 0 Å². The molecular weight excluding hydrogens is 451 g/mol. The van der Waals surface area contributed by atoms with Crippen molar-refractivity contribution in [2.24, 2.45) is 0 Å². The van der Waals surface area contributed by atoms with E-state index in [0.717, 1.165) is 10.5 Å². The molecular formula is C21H19ClF3N3O4. The van der Waals surface area contributed by atoms with Crippen LogP contribution in [0, 0.1) is 6.92 Å². The third-order valence-corrected chi connectivity index (χ3v) is 5.05. The topological polar surface area (TPSA) is 87.7 Å². The Morgan fingerprint density at radius 3 is 2.47 bits per heavy atom.